The van der Waals surface area contributed by atoms with E-state index in [1.807, 2.05) is 12.3 Å². The van der Waals surface area contributed by atoms with Crippen molar-refractivity contribution < 1.29 is 0 Å². The van der Waals surface area contributed by atoms with Crippen molar-refractivity contribution in [3.05, 3.63) is 23.9 Å². The van der Waals surface area contributed by atoms with Gasteiger partial charge >= 0.3 is 0 Å². The standard InChI is InChI=1S/C10H15N3.CHN/c1-13-6-2-3-9(13)8-4-5-10(11)12-7-8;1-2/h4-5,7,9H,2-3,6H2,1H3,(H2,11,12);1H. The summed E-state index contributed by atoms with van der Waals surface area (Å²) in [5, 5.41) is 6.50. The van der Waals surface area contributed by atoms with E-state index in [9.17, 15) is 0 Å². The molecule has 0 spiro atoms. The quantitative estimate of drug-likeness (QED) is 0.754. The molecule has 0 aliphatic carbocycles. The van der Waals surface area contributed by atoms with Crippen LogP contribution in [0.1, 0.15) is 24.4 Å². The third kappa shape index (κ3) is 2.67. The Labute approximate surface area is 90.3 Å². The Kier molecular flexibility index (Phi) is 4.07. The highest BCUT2D eigenvalue weighted by Gasteiger charge is 2.22. The highest BCUT2D eigenvalue weighted by molar-refractivity contribution is 5.30. The van der Waals surface area contributed by atoms with E-state index in [0.717, 1.165) is 0 Å². The van der Waals surface area contributed by atoms with Crippen molar-refractivity contribution in [3.8, 4) is 6.57 Å². The first-order valence-electron chi connectivity index (χ1n) is 4.95. The zero-order valence-corrected chi connectivity index (χ0v) is 8.93. The van der Waals surface area contributed by atoms with Crippen LogP contribution < -0.4 is 5.73 Å². The molecule has 0 aromatic carbocycles. The third-order valence-corrected chi connectivity index (χ3v) is 2.71. The minimum Gasteiger partial charge on any atom is -0.384 e. The second-order valence-electron chi connectivity index (χ2n) is 3.66. The molecule has 0 radical (unpaired) electrons. The average molecular weight is 204 g/mol. The second-order valence-corrected chi connectivity index (χ2v) is 3.66. The molecule has 4 heteroatoms. The molecular weight excluding hydrogens is 188 g/mol. The van der Waals surface area contributed by atoms with Crippen LogP contribution in [0.2, 0.25) is 0 Å². The molecule has 0 amide bonds. The number of anilines is 1. The van der Waals surface area contributed by atoms with Crippen LogP contribution in [0.25, 0.3) is 0 Å². The first-order valence-corrected chi connectivity index (χ1v) is 4.95. The summed E-state index contributed by atoms with van der Waals surface area (Å²) in [6.45, 7) is 4.69. The Morgan fingerprint density at radius 1 is 1.53 bits per heavy atom. The number of pyridine rings is 1. The Bertz CT molecular complexity index is 317. The molecule has 4 nitrogen and oxygen atoms in total. The summed E-state index contributed by atoms with van der Waals surface area (Å²) in [7, 11) is 2.16. The third-order valence-electron chi connectivity index (χ3n) is 2.71. The van der Waals surface area contributed by atoms with Crippen molar-refractivity contribution in [3.63, 3.8) is 0 Å². The van der Waals surface area contributed by atoms with Crippen LogP contribution in [0.4, 0.5) is 5.82 Å². The summed E-state index contributed by atoms with van der Waals surface area (Å²) in [5.74, 6) is 0.601. The number of nitrogen functional groups attached to an aromatic ring is 1. The number of hydrogen-bond acceptors (Lipinski definition) is 4. The Balaban J connectivity index is 0.000000531. The van der Waals surface area contributed by atoms with E-state index in [0.29, 0.717) is 11.9 Å². The smallest absolute Gasteiger partial charge is 0.123 e. The molecule has 80 valence electrons. The lowest BCUT2D eigenvalue weighted by molar-refractivity contribution is 0.317. The molecule has 1 atom stereocenters. The fourth-order valence-corrected chi connectivity index (χ4v) is 1.95. The van der Waals surface area contributed by atoms with Crippen LogP contribution in [0.3, 0.4) is 0 Å². The average Bonchev–Trinajstić information content (AvgIpc) is 2.69. The number of hydrogen-bond donors (Lipinski definition) is 1. The topological polar surface area (TPSA) is 65.9 Å². The summed E-state index contributed by atoms with van der Waals surface area (Å²) in [6.07, 6.45) is 4.41. The molecule has 0 bridgehead atoms. The van der Waals surface area contributed by atoms with Gasteiger partial charge in [0.25, 0.3) is 0 Å². The normalized spacial score (nSPS) is 20.6. The predicted molar refractivity (Wildman–Crippen MR) is 59.9 cm³/mol. The largest absolute Gasteiger partial charge is 0.384 e. The van der Waals surface area contributed by atoms with Crippen LogP contribution in [-0.2, 0) is 0 Å². The first-order chi connectivity index (χ1) is 7.27. The summed E-state index contributed by atoms with van der Waals surface area (Å²) >= 11 is 0. The van der Waals surface area contributed by atoms with E-state index in [2.05, 4.69) is 29.6 Å². The van der Waals surface area contributed by atoms with Crippen molar-refractivity contribution >= 4 is 5.82 Å². The number of likely N-dealkylation sites (tertiary alicyclic amines) is 1. The van der Waals surface area contributed by atoms with Crippen molar-refractivity contribution in [1.82, 2.24) is 9.88 Å². The lowest BCUT2D eigenvalue weighted by Gasteiger charge is -2.19. The number of nitriles is 1. The molecule has 1 saturated heterocycles. The van der Waals surface area contributed by atoms with Gasteiger partial charge in [0.15, 0.2) is 0 Å². The zero-order chi connectivity index (χ0) is 11.3. The molecule has 0 saturated carbocycles. The first kappa shape index (κ1) is 11.5. The fourth-order valence-electron chi connectivity index (χ4n) is 1.95. The molecule has 1 aliphatic rings. The van der Waals surface area contributed by atoms with E-state index in [-0.39, 0.29) is 0 Å². The SMILES string of the molecule is C#N.CN1CCCC1c1ccc(N)nc1. The fraction of sp³-hybridized carbons (Fsp3) is 0.455. The maximum atomic E-state index is 6.50. The minimum atomic E-state index is 0.549. The maximum absolute atomic E-state index is 6.50. The van der Waals surface area contributed by atoms with Gasteiger partial charge in [-0.2, -0.15) is 0 Å². The van der Waals surface area contributed by atoms with Gasteiger partial charge in [-0.15, -0.1) is 0 Å². The number of nitrogens with zero attached hydrogens (tertiary/aromatic N) is 3. The molecular formula is C11H16N4. The molecule has 2 heterocycles. The molecule has 2 N–H and O–H groups in total. The number of nitrogens with two attached hydrogens (primary N) is 1. The van der Waals surface area contributed by atoms with Gasteiger partial charge in [0.2, 0.25) is 0 Å². The van der Waals surface area contributed by atoms with Crippen LogP contribution in [0, 0.1) is 11.8 Å². The maximum Gasteiger partial charge on any atom is 0.123 e. The van der Waals surface area contributed by atoms with Gasteiger partial charge in [-0.25, -0.2) is 10.2 Å². The highest BCUT2D eigenvalue weighted by Crippen LogP contribution is 2.29. The van der Waals surface area contributed by atoms with Gasteiger partial charge in [-0.1, -0.05) is 6.07 Å². The molecule has 2 rings (SSSR count). The van der Waals surface area contributed by atoms with Crippen molar-refractivity contribution in [2.75, 3.05) is 19.3 Å². The zero-order valence-electron chi connectivity index (χ0n) is 8.93. The molecule has 1 aromatic heterocycles. The van der Waals surface area contributed by atoms with Gasteiger partial charge in [-0.05, 0) is 38.1 Å². The van der Waals surface area contributed by atoms with Gasteiger partial charge in [0.05, 0.1) is 0 Å². The van der Waals surface area contributed by atoms with Crippen LogP contribution in [0.5, 0.6) is 0 Å². The Hall–Kier alpha value is -1.60. The lowest BCUT2D eigenvalue weighted by Crippen LogP contribution is -2.17. The van der Waals surface area contributed by atoms with Gasteiger partial charge < -0.3 is 5.73 Å². The van der Waals surface area contributed by atoms with E-state index >= 15 is 0 Å². The molecule has 1 unspecified atom stereocenters. The van der Waals surface area contributed by atoms with Crippen molar-refractivity contribution in [2.24, 2.45) is 0 Å². The summed E-state index contributed by atoms with van der Waals surface area (Å²) in [4.78, 5) is 6.48. The van der Waals surface area contributed by atoms with E-state index in [1.54, 1.807) is 0 Å². The molecule has 15 heavy (non-hydrogen) atoms. The Morgan fingerprint density at radius 2 is 2.27 bits per heavy atom. The summed E-state index contributed by atoms with van der Waals surface area (Å²) in [5.41, 5.74) is 6.82. The van der Waals surface area contributed by atoms with E-state index < -0.39 is 0 Å². The summed E-state index contributed by atoms with van der Waals surface area (Å²) in [6, 6.07) is 4.50. The van der Waals surface area contributed by atoms with Crippen molar-refractivity contribution in [2.45, 2.75) is 18.9 Å². The van der Waals surface area contributed by atoms with Gasteiger partial charge in [-0.3, -0.25) is 4.90 Å². The van der Waals surface area contributed by atoms with Crippen LogP contribution in [-0.4, -0.2) is 23.5 Å². The lowest BCUT2D eigenvalue weighted by atomic mass is 10.1. The predicted octanol–water partition coefficient (Wildman–Crippen LogP) is 1.57. The van der Waals surface area contributed by atoms with Crippen LogP contribution >= 0.6 is 0 Å². The molecule has 1 aliphatic heterocycles. The number of rotatable bonds is 1. The summed E-state index contributed by atoms with van der Waals surface area (Å²) < 4.78 is 0. The minimum absolute atomic E-state index is 0.549. The highest BCUT2D eigenvalue weighted by atomic mass is 15.1. The van der Waals surface area contributed by atoms with E-state index in [4.69, 9.17) is 11.0 Å². The van der Waals surface area contributed by atoms with E-state index in [1.165, 1.54) is 24.9 Å². The van der Waals surface area contributed by atoms with Gasteiger partial charge in [0, 0.05) is 18.8 Å². The Morgan fingerprint density at radius 3 is 2.73 bits per heavy atom. The molecule has 1 aromatic rings. The van der Waals surface area contributed by atoms with Gasteiger partial charge in [0.1, 0.15) is 5.82 Å². The number of aromatic nitrogens is 1. The monoisotopic (exact) mass is 204 g/mol. The molecule has 1 fully saturated rings. The van der Waals surface area contributed by atoms with Crippen LogP contribution in [0.15, 0.2) is 18.3 Å². The second kappa shape index (κ2) is 5.32. The van der Waals surface area contributed by atoms with Crippen molar-refractivity contribution in [1.29, 1.82) is 5.26 Å².